The molecule has 0 N–H and O–H groups in total. The lowest BCUT2D eigenvalue weighted by Gasteiger charge is -2.34. The Labute approximate surface area is 167 Å². The molecule has 3 aromatic rings. The summed E-state index contributed by atoms with van der Waals surface area (Å²) in [5.41, 5.74) is 0.864. The van der Waals surface area contributed by atoms with Crippen LogP contribution in [0.3, 0.4) is 0 Å². The number of carbonyl (C=O) groups excluding carboxylic acids is 1. The SMILES string of the molecule is COc1ccc(-c2nc(CN3CCN(C(=O)Cc4cccs4)CC3)no2)cc1. The van der Waals surface area contributed by atoms with Gasteiger partial charge in [0.1, 0.15) is 5.75 Å². The van der Waals surface area contributed by atoms with Gasteiger partial charge in [-0.1, -0.05) is 11.2 Å². The number of hydrogen-bond acceptors (Lipinski definition) is 7. The number of piperazine rings is 1. The molecule has 0 spiro atoms. The van der Waals surface area contributed by atoms with Crippen LogP contribution < -0.4 is 4.74 Å². The lowest BCUT2D eigenvalue weighted by Crippen LogP contribution is -2.48. The van der Waals surface area contributed by atoms with Crippen molar-refractivity contribution in [2.75, 3.05) is 33.3 Å². The molecule has 0 bridgehead atoms. The van der Waals surface area contributed by atoms with Crippen LogP contribution in [0.1, 0.15) is 10.7 Å². The van der Waals surface area contributed by atoms with Crippen molar-refractivity contribution in [3.63, 3.8) is 0 Å². The molecular formula is C20H22N4O3S. The summed E-state index contributed by atoms with van der Waals surface area (Å²) in [5.74, 6) is 2.14. The fourth-order valence-corrected chi connectivity index (χ4v) is 3.89. The molecular weight excluding hydrogens is 376 g/mol. The molecule has 28 heavy (non-hydrogen) atoms. The van der Waals surface area contributed by atoms with Gasteiger partial charge in [0, 0.05) is 36.6 Å². The number of thiophene rings is 1. The van der Waals surface area contributed by atoms with Gasteiger partial charge in [-0.15, -0.1) is 11.3 Å². The molecule has 4 rings (SSSR count). The average Bonchev–Trinajstić information content (AvgIpc) is 3.41. The van der Waals surface area contributed by atoms with Crippen molar-refractivity contribution in [1.82, 2.24) is 19.9 Å². The highest BCUT2D eigenvalue weighted by Crippen LogP contribution is 2.21. The van der Waals surface area contributed by atoms with Gasteiger partial charge in [-0.2, -0.15) is 4.98 Å². The zero-order valence-electron chi connectivity index (χ0n) is 15.7. The average molecular weight is 398 g/mol. The van der Waals surface area contributed by atoms with E-state index in [1.54, 1.807) is 18.4 Å². The second-order valence-corrected chi connectivity index (χ2v) is 7.69. The van der Waals surface area contributed by atoms with Crippen molar-refractivity contribution >= 4 is 17.2 Å². The molecule has 0 radical (unpaired) electrons. The molecule has 8 heteroatoms. The number of nitrogens with zero attached hydrogens (tertiary/aromatic N) is 4. The molecule has 3 heterocycles. The fraction of sp³-hybridized carbons (Fsp3) is 0.350. The van der Waals surface area contributed by atoms with E-state index in [2.05, 4.69) is 15.0 Å². The van der Waals surface area contributed by atoms with Crippen molar-refractivity contribution in [3.05, 3.63) is 52.5 Å². The largest absolute Gasteiger partial charge is 0.497 e. The van der Waals surface area contributed by atoms with Crippen LogP contribution in [0.5, 0.6) is 5.75 Å². The van der Waals surface area contributed by atoms with E-state index in [1.165, 1.54) is 0 Å². The number of benzene rings is 1. The number of carbonyl (C=O) groups is 1. The first-order valence-corrected chi connectivity index (χ1v) is 10.1. The van der Waals surface area contributed by atoms with Crippen molar-refractivity contribution in [1.29, 1.82) is 0 Å². The minimum absolute atomic E-state index is 0.198. The summed E-state index contributed by atoms with van der Waals surface area (Å²) in [6.45, 7) is 3.69. The molecule has 1 saturated heterocycles. The van der Waals surface area contributed by atoms with Crippen LogP contribution in [0.15, 0.2) is 46.3 Å². The number of aromatic nitrogens is 2. The minimum atomic E-state index is 0.198. The maximum absolute atomic E-state index is 12.4. The van der Waals surface area contributed by atoms with Gasteiger partial charge in [-0.05, 0) is 35.7 Å². The van der Waals surface area contributed by atoms with E-state index >= 15 is 0 Å². The van der Waals surface area contributed by atoms with Gasteiger partial charge in [0.25, 0.3) is 5.89 Å². The van der Waals surface area contributed by atoms with Crippen LogP contribution in [0.25, 0.3) is 11.5 Å². The Morgan fingerprint density at radius 2 is 1.96 bits per heavy atom. The van der Waals surface area contributed by atoms with Gasteiger partial charge in [0.05, 0.1) is 20.1 Å². The second-order valence-electron chi connectivity index (χ2n) is 6.66. The van der Waals surface area contributed by atoms with E-state index in [0.29, 0.717) is 24.7 Å². The number of ether oxygens (including phenoxy) is 1. The summed E-state index contributed by atoms with van der Waals surface area (Å²) in [6, 6.07) is 11.5. The standard InChI is InChI=1S/C20H22N4O3S/c1-26-16-6-4-15(5-7-16)20-21-18(22-27-20)14-23-8-10-24(11-9-23)19(25)13-17-3-2-12-28-17/h2-7,12H,8-11,13-14H2,1H3. The van der Waals surface area contributed by atoms with Gasteiger partial charge in [-0.3, -0.25) is 9.69 Å². The zero-order valence-corrected chi connectivity index (χ0v) is 16.5. The Kier molecular flexibility index (Phi) is 5.68. The van der Waals surface area contributed by atoms with E-state index in [1.807, 2.05) is 46.7 Å². The van der Waals surface area contributed by atoms with Gasteiger partial charge in [0.2, 0.25) is 5.91 Å². The first-order valence-electron chi connectivity index (χ1n) is 9.21. The Morgan fingerprint density at radius 3 is 2.64 bits per heavy atom. The highest BCUT2D eigenvalue weighted by Gasteiger charge is 2.22. The monoisotopic (exact) mass is 398 g/mol. The maximum atomic E-state index is 12.4. The number of rotatable bonds is 6. The molecule has 146 valence electrons. The molecule has 1 amide bonds. The molecule has 1 aliphatic heterocycles. The van der Waals surface area contributed by atoms with Crippen LogP contribution >= 0.6 is 11.3 Å². The van der Waals surface area contributed by atoms with Crippen molar-refractivity contribution < 1.29 is 14.1 Å². The second kappa shape index (κ2) is 8.53. The Hall–Kier alpha value is -2.71. The van der Waals surface area contributed by atoms with Crippen LogP contribution in [0.4, 0.5) is 0 Å². The van der Waals surface area contributed by atoms with E-state index in [0.717, 1.165) is 42.4 Å². The van der Waals surface area contributed by atoms with Crippen LogP contribution in [0.2, 0.25) is 0 Å². The predicted octanol–water partition coefficient (Wildman–Crippen LogP) is 2.69. The molecule has 1 aliphatic rings. The Bertz CT molecular complexity index is 900. The van der Waals surface area contributed by atoms with Gasteiger partial charge < -0.3 is 14.2 Å². The maximum Gasteiger partial charge on any atom is 0.257 e. The summed E-state index contributed by atoms with van der Waals surface area (Å²) >= 11 is 1.63. The van der Waals surface area contributed by atoms with Gasteiger partial charge in [0.15, 0.2) is 5.82 Å². The molecule has 0 atom stereocenters. The van der Waals surface area contributed by atoms with Crippen LogP contribution in [-0.2, 0) is 17.8 Å². The molecule has 7 nitrogen and oxygen atoms in total. The summed E-state index contributed by atoms with van der Waals surface area (Å²) < 4.78 is 10.6. The van der Waals surface area contributed by atoms with Crippen LogP contribution in [0, 0.1) is 0 Å². The first kappa shape index (κ1) is 18.6. The van der Waals surface area contributed by atoms with Gasteiger partial charge in [-0.25, -0.2) is 0 Å². The van der Waals surface area contributed by atoms with E-state index in [9.17, 15) is 4.79 Å². The van der Waals surface area contributed by atoms with Gasteiger partial charge >= 0.3 is 0 Å². The highest BCUT2D eigenvalue weighted by atomic mass is 32.1. The van der Waals surface area contributed by atoms with E-state index in [-0.39, 0.29) is 5.91 Å². The third-order valence-electron chi connectivity index (χ3n) is 4.80. The quantitative estimate of drug-likeness (QED) is 0.636. The summed E-state index contributed by atoms with van der Waals surface area (Å²) in [5, 5.41) is 6.10. The van der Waals surface area contributed by atoms with Crippen LogP contribution in [-0.4, -0.2) is 59.1 Å². The molecule has 0 saturated carbocycles. The fourth-order valence-electron chi connectivity index (χ4n) is 3.20. The van der Waals surface area contributed by atoms with E-state index in [4.69, 9.17) is 9.26 Å². The number of hydrogen-bond donors (Lipinski definition) is 0. The highest BCUT2D eigenvalue weighted by molar-refractivity contribution is 7.10. The van der Waals surface area contributed by atoms with Crippen molar-refractivity contribution in [2.45, 2.75) is 13.0 Å². The number of methoxy groups -OCH3 is 1. The third-order valence-corrected chi connectivity index (χ3v) is 5.68. The Morgan fingerprint density at radius 1 is 1.18 bits per heavy atom. The molecule has 1 fully saturated rings. The molecule has 1 aromatic carbocycles. The summed E-state index contributed by atoms with van der Waals surface area (Å²) in [7, 11) is 1.63. The topological polar surface area (TPSA) is 71.7 Å². The smallest absolute Gasteiger partial charge is 0.257 e. The lowest BCUT2D eigenvalue weighted by atomic mass is 10.2. The summed E-state index contributed by atoms with van der Waals surface area (Å²) in [6.07, 6.45) is 0.494. The summed E-state index contributed by atoms with van der Waals surface area (Å²) in [4.78, 5) is 22.2. The predicted molar refractivity (Wildman–Crippen MR) is 106 cm³/mol. The minimum Gasteiger partial charge on any atom is -0.497 e. The Balaban J connectivity index is 1.29. The first-order chi connectivity index (χ1) is 13.7. The molecule has 2 aromatic heterocycles. The number of amides is 1. The zero-order chi connectivity index (χ0) is 19.3. The van der Waals surface area contributed by atoms with E-state index < -0.39 is 0 Å². The lowest BCUT2D eigenvalue weighted by molar-refractivity contribution is -0.132. The molecule has 0 unspecified atom stereocenters. The third kappa shape index (κ3) is 4.40. The normalized spacial score (nSPS) is 15.0. The van der Waals surface area contributed by atoms with Crippen molar-refractivity contribution in [2.24, 2.45) is 0 Å². The van der Waals surface area contributed by atoms with Crippen molar-refractivity contribution in [3.8, 4) is 17.2 Å². The molecule has 0 aliphatic carbocycles.